The summed E-state index contributed by atoms with van der Waals surface area (Å²) in [5.74, 6) is -0.271. The van der Waals surface area contributed by atoms with Crippen LogP contribution in [0.15, 0.2) is 64.4 Å². The molecule has 1 aromatic heterocycles. The van der Waals surface area contributed by atoms with Gasteiger partial charge in [-0.3, -0.25) is 9.44 Å². The first-order valence-corrected chi connectivity index (χ1v) is 12.4. The Morgan fingerprint density at radius 3 is 1.40 bits per heavy atom. The Bertz CT molecular complexity index is 1230. The molecule has 0 atom stereocenters. The first-order valence-electron chi connectivity index (χ1n) is 7.91. The summed E-state index contributed by atoms with van der Waals surface area (Å²) in [4.78, 5) is 3.54. The molecule has 3 aromatic rings. The van der Waals surface area contributed by atoms with E-state index < -0.39 is 20.0 Å². The minimum Gasteiger partial charge on any atom is -0.263 e. The van der Waals surface area contributed by atoms with E-state index in [0.29, 0.717) is 0 Å². The normalized spacial score (nSPS) is 11.9. The van der Waals surface area contributed by atoms with Crippen molar-refractivity contribution in [3.63, 3.8) is 0 Å². The molecule has 0 radical (unpaired) electrons. The van der Waals surface area contributed by atoms with Crippen LogP contribution >= 0.6 is 46.4 Å². The van der Waals surface area contributed by atoms with Crippen LogP contribution in [-0.4, -0.2) is 21.8 Å². The highest BCUT2D eigenvalue weighted by molar-refractivity contribution is 7.93. The van der Waals surface area contributed by atoms with E-state index in [4.69, 9.17) is 46.4 Å². The van der Waals surface area contributed by atoms with Gasteiger partial charge in [-0.15, -0.1) is 0 Å². The molecule has 0 aliphatic heterocycles. The average Bonchev–Trinajstić information content (AvgIpc) is 2.60. The molecule has 0 bridgehead atoms. The zero-order valence-electron chi connectivity index (χ0n) is 14.6. The third kappa shape index (κ3) is 5.29. The van der Waals surface area contributed by atoms with Gasteiger partial charge in [0.05, 0.1) is 10.0 Å². The largest absolute Gasteiger partial charge is 0.264 e. The van der Waals surface area contributed by atoms with Crippen molar-refractivity contribution in [2.24, 2.45) is 0 Å². The molecule has 13 heteroatoms. The standard InChI is InChI=1S/C17H11Cl4N3O4S2/c18-10-4-6-14(12(20)8-10)29(25,26)23-16-2-1-3-17(22-16)24-30(27,28)15-7-5-11(19)9-13(15)21/h1-9H,(H2,22,23,24). The first kappa shape index (κ1) is 22.9. The Kier molecular flexibility index (Phi) is 6.71. The van der Waals surface area contributed by atoms with E-state index in [0.717, 1.165) is 0 Å². The number of nitrogens with one attached hydrogen (secondary N) is 2. The second-order valence-corrected chi connectivity index (χ2v) is 10.8. The topological polar surface area (TPSA) is 105 Å². The number of rotatable bonds is 6. The van der Waals surface area contributed by atoms with Gasteiger partial charge in [0.2, 0.25) is 0 Å². The Morgan fingerprint density at radius 2 is 1.03 bits per heavy atom. The maximum Gasteiger partial charge on any atom is 0.264 e. The average molecular weight is 527 g/mol. The number of hydrogen-bond donors (Lipinski definition) is 2. The van der Waals surface area contributed by atoms with Crippen molar-refractivity contribution in [1.82, 2.24) is 4.98 Å². The summed E-state index contributed by atoms with van der Waals surface area (Å²) in [5.41, 5.74) is 0. The highest BCUT2D eigenvalue weighted by atomic mass is 35.5. The number of aromatic nitrogens is 1. The summed E-state index contributed by atoms with van der Waals surface area (Å²) in [6.45, 7) is 0. The molecule has 0 amide bonds. The van der Waals surface area contributed by atoms with Crippen LogP contribution in [0.5, 0.6) is 0 Å². The van der Waals surface area contributed by atoms with Gasteiger partial charge in [0.15, 0.2) is 0 Å². The van der Waals surface area contributed by atoms with E-state index >= 15 is 0 Å². The maximum atomic E-state index is 12.6. The summed E-state index contributed by atoms with van der Waals surface area (Å²) >= 11 is 23.5. The molecule has 7 nitrogen and oxygen atoms in total. The summed E-state index contributed by atoms with van der Waals surface area (Å²) in [6.07, 6.45) is 0. The maximum absolute atomic E-state index is 12.6. The SMILES string of the molecule is O=S(=O)(Nc1cccc(NS(=O)(=O)c2ccc(Cl)cc2Cl)n1)c1ccc(Cl)cc1Cl. The molecule has 2 aromatic carbocycles. The minimum atomic E-state index is -4.10. The number of benzene rings is 2. The third-order valence-electron chi connectivity index (χ3n) is 3.59. The smallest absolute Gasteiger partial charge is 0.263 e. The summed E-state index contributed by atoms with van der Waals surface area (Å²) in [7, 11) is -8.20. The van der Waals surface area contributed by atoms with E-state index in [1.54, 1.807) is 0 Å². The quantitative estimate of drug-likeness (QED) is 0.453. The molecule has 0 unspecified atom stereocenters. The van der Waals surface area contributed by atoms with Gasteiger partial charge < -0.3 is 0 Å². The van der Waals surface area contributed by atoms with Crippen LogP contribution in [-0.2, 0) is 20.0 Å². The molecule has 0 aliphatic rings. The lowest BCUT2D eigenvalue weighted by Gasteiger charge is -2.12. The van der Waals surface area contributed by atoms with Crippen molar-refractivity contribution in [2.75, 3.05) is 9.44 Å². The van der Waals surface area contributed by atoms with Crippen LogP contribution in [0.4, 0.5) is 11.6 Å². The fraction of sp³-hybridized carbons (Fsp3) is 0. The van der Waals surface area contributed by atoms with E-state index in [-0.39, 0.29) is 41.5 Å². The lowest BCUT2D eigenvalue weighted by atomic mass is 10.4. The van der Waals surface area contributed by atoms with Crippen molar-refractivity contribution in [2.45, 2.75) is 9.79 Å². The Labute approximate surface area is 193 Å². The van der Waals surface area contributed by atoms with Gasteiger partial charge in [0, 0.05) is 10.0 Å². The van der Waals surface area contributed by atoms with Gasteiger partial charge in [-0.05, 0) is 48.5 Å². The molecule has 30 heavy (non-hydrogen) atoms. The number of hydrogen-bond acceptors (Lipinski definition) is 5. The molecule has 0 spiro atoms. The number of sulfonamides is 2. The van der Waals surface area contributed by atoms with Gasteiger partial charge in [0.1, 0.15) is 21.4 Å². The lowest BCUT2D eigenvalue weighted by Crippen LogP contribution is -2.17. The van der Waals surface area contributed by atoms with Gasteiger partial charge in [-0.2, -0.15) is 0 Å². The predicted molar refractivity (Wildman–Crippen MR) is 119 cm³/mol. The molecule has 2 N–H and O–H groups in total. The molecule has 158 valence electrons. The van der Waals surface area contributed by atoms with Crippen LogP contribution in [0.2, 0.25) is 20.1 Å². The van der Waals surface area contributed by atoms with E-state index in [9.17, 15) is 16.8 Å². The number of nitrogens with zero attached hydrogens (tertiary/aromatic N) is 1. The molecular formula is C17H11Cl4N3O4S2. The van der Waals surface area contributed by atoms with Crippen LogP contribution in [0.1, 0.15) is 0 Å². The Morgan fingerprint density at radius 1 is 0.633 bits per heavy atom. The predicted octanol–water partition coefficient (Wildman–Crippen LogP) is 5.30. The molecule has 0 fully saturated rings. The summed E-state index contributed by atoms with van der Waals surface area (Å²) in [6, 6.07) is 11.9. The summed E-state index contributed by atoms with van der Waals surface area (Å²) < 4.78 is 54.8. The zero-order chi connectivity index (χ0) is 22.1. The molecule has 1 heterocycles. The minimum absolute atomic E-state index is 0.0794. The lowest BCUT2D eigenvalue weighted by molar-refractivity contribution is 0.599. The Balaban J connectivity index is 1.87. The van der Waals surface area contributed by atoms with Crippen LogP contribution < -0.4 is 9.44 Å². The van der Waals surface area contributed by atoms with Crippen molar-refractivity contribution in [3.05, 3.63) is 74.7 Å². The molecule has 0 aliphatic carbocycles. The van der Waals surface area contributed by atoms with E-state index in [1.807, 2.05) is 0 Å². The molecular weight excluding hydrogens is 516 g/mol. The number of pyridine rings is 1. The van der Waals surface area contributed by atoms with E-state index in [2.05, 4.69) is 14.4 Å². The van der Waals surface area contributed by atoms with Gasteiger partial charge in [0.25, 0.3) is 20.0 Å². The van der Waals surface area contributed by atoms with Crippen molar-refractivity contribution >= 4 is 78.1 Å². The fourth-order valence-electron chi connectivity index (χ4n) is 2.32. The number of halogens is 4. The molecule has 0 saturated heterocycles. The van der Waals surface area contributed by atoms with Crippen molar-refractivity contribution in [3.8, 4) is 0 Å². The highest BCUT2D eigenvalue weighted by Crippen LogP contribution is 2.28. The summed E-state index contributed by atoms with van der Waals surface area (Å²) in [5, 5.41) is 0.386. The zero-order valence-corrected chi connectivity index (χ0v) is 19.3. The third-order valence-corrected chi connectivity index (χ3v) is 7.74. The van der Waals surface area contributed by atoms with Crippen LogP contribution in [0.3, 0.4) is 0 Å². The Hall–Kier alpha value is -1.75. The highest BCUT2D eigenvalue weighted by Gasteiger charge is 2.21. The molecule has 0 saturated carbocycles. The first-order chi connectivity index (χ1) is 14.0. The van der Waals surface area contributed by atoms with Gasteiger partial charge in [-0.25, -0.2) is 21.8 Å². The number of anilines is 2. The second-order valence-electron chi connectivity index (χ2n) is 5.77. The second kappa shape index (κ2) is 8.78. The van der Waals surface area contributed by atoms with Gasteiger partial charge >= 0.3 is 0 Å². The van der Waals surface area contributed by atoms with Gasteiger partial charge in [-0.1, -0.05) is 52.5 Å². The van der Waals surface area contributed by atoms with Crippen LogP contribution in [0, 0.1) is 0 Å². The van der Waals surface area contributed by atoms with E-state index in [1.165, 1.54) is 54.6 Å². The monoisotopic (exact) mass is 525 g/mol. The van der Waals surface area contributed by atoms with Crippen LogP contribution in [0.25, 0.3) is 0 Å². The fourth-order valence-corrected chi connectivity index (χ4v) is 5.87. The van der Waals surface area contributed by atoms with Crippen molar-refractivity contribution in [1.29, 1.82) is 0 Å². The molecule has 3 rings (SSSR count). The van der Waals surface area contributed by atoms with Crippen molar-refractivity contribution < 1.29 is 16.8 Å².